The minimum Gasteiger partial charge on any atom is -0.378 e. The molecule has 0 aromatic heterocycles. The molecule has 0 fully saturated rings. The zero-order valence-corrected chi connectivity index (χ0v) is 11.2. The van der Waals surface area contributed by atoms with Crippen LogP contribution >= 0.6 is 0 Å². The molecule has 1 aliphatic rings. The van der Waals surface area contributed by atoms with Gasteiger partial charge >= 0.3 is 0 Å². The largest absolute Gasteiger partial charge is 0.378 e. The van der Waals surface area contributed by atoms with Crippen LogP contribution in [-0.2, 0) is 6.42 Å². The Kier molecular flexibility index (Phi) is 2.62. The third-order valence-corrected chi connectivity index (χ3v) is 3.82. The minimum atomic E-state index is 0.433. The minimum absolute atomic E-state index is 0.433. The van der Waals surface area contributed by atoms with Crippen molar-refractivity contribution in [3.05, 3.63) is 64.2 Å². The van der Waals surface area contributed by atoms with E-state index in [-0.39, 0.29) is 0 Å². The second-order valence-corrected chi connectivity index (χ2v) is 5.42. The number of nitrogens with one attached hydrogen (secondary N) is 1. The van der Waals surface area contributed by atoms with Gasteiger partial charge in [0.2, 0.25) is 0 Å². The number of hydrogen-bond donors (Lipinski definition) is 1. The van der Waals surface area contributed by atoms with Gasteiger partial charge < -0.3 is 5.32 Å². The summed E-state index contributed by atoms with van der Waals surface area (Å²) in [7, 11) is 0. The molecular formula is C17H19N. The van der Waals surface area contributed by atoms with Gasteiger partial charge in [0.15, 0.2) is 0 Å². The van der Waals surface area contributed by atoms with Crippen LogP contribution in [0.15, 0.2) is 36.4 Å². The smallest absolute Gasteiger partial charge is 0.0557 e. The van der Waals surface area contributed by atoms with Crippen LogP contribution in [0.5, 0.6) is 0 Å². The van der Waals surface area contributed by atoms with Crippen molar-refractivity contribution in [3.8, 4) is 0 Å². The van der Waals surface area contributed by atoms with Gasteiger partial charge in [-0.1, -0.05) is 41.5 Å². The van der Waals surface area contributed by atoms with E-state index >= 15 is 0 Å². The van der Waals surface area contributed by atoms with E-state index in [0.717, 1.165) is 6.42 Å². The molecular weight excluding hydrogens is 218 g/mol. The Labute approximate surface area is 109 Å². The number of benzene rings is 2. The van der Waals surface area contributed by atoms with Gasteiger partial charge in [-0.2, -0.15) is 0 Å². The van der Waals surface area contributed by atoms with Gasteiger partial charge in [-0.05, 0) is 49.9 Å². The lowest BCUT2D eigenvalue weighted by Gasteiger charge is -2.15. The van der Waals surface area contributed by atoms with Crippen molar-refractivity contribution in [2.45, 2.75) is 33.2 Å². The second-order valence-electron chi connectivity index (χ2n) is 5.42. The van der Waals surface area contributed by atoms with Gasteiger partial charge in [-0.3, -0.25) is 0 Å². The molecule has 1 heterocycles. The second kappa shape index (κ2) is 4.16. The predicted octanol–water partition coefficient (Wildman–Crippen LogP) is 4.32. The summed E-state index contributed by atoms with van der Waals surface area (Å²) in [6, 6.07) is 13.9. The Morgan fingerprint density at radius 1 is 0.944 bits per heavy atom. The number of rotatable bonds is 1. The summed E-state index contributed by atoms with van der Waals surface area (Å²) < 4.78 is 0. The highest BCUT2D eigenvalue weighted by Gasteiger charge is 2.22. The molecule has 1 aliphatic heterocycles. The lowest BCUT2D eigenvalue weighted by molar-refractivity contribution is 0.815. The SMILES string of the molecule is Cc1ccc(C2Cc3cc(C)ccc3N2)c(C)c1. The Bertz CT molecular complexity index is 599. The highest BCUT2D eigenvalue weighted by molar-refractivity contribution is 5.59. The topological polar surface area (TPSA) is 12.0 Å². The van der Waals surface area contributed by atoms with E-state index in [4.69, 9.17) is 0 Å². The molecule has 0 aliphatic carbocycles. The van der Waals surface area contributed by atoms with E-state index in [1.165, 1.54) is 33.5 Å². The molecule has 0 saturated heterocycles. The summed E-state index contributed by atoms with van der Waals surface area (Å²) in [5.74, 6) is 0. The summed E-state index contributed by atoms with van der Waals surface area (Å²) >= 11 is 0. The first kappa shape index (κ1) is 11.3. The molecule has 3 rings (SSSR count). The van der Waals surface area contributed by atoms with Crippen molar-refractivity contribution in [1.29, 1.82) is 0 Å². The zero-order chi connectivity index (χ0) is 12.7. The summed E-state index contributed by atoms with van der Waals surface area (Å²) in [5, 5.41) is 3.64. The molecule has 0 amide bonds. The van der Waals surface area contributed by atoms with Crippen LogP contribution in [0.1, 0.15) is 33.9 Å². The maximum Gasteiger partial charge on any atom is 0.0557 e. The van der Waals surface area contributed by atoms with Crippen LogP contribution < -0.4 is 5.32 Å². The van der Waals surface area contributed by atoms with Crippen molar-refractivity contribution in [2.75, 3.05) is 5.32 Å². The van der Waals surface area contributed by atoms with E-state index in [1.807, 2.05) is 0 Å². The maximum absolute atomic E-state index is 3.64. The van der Waals surface area contributed by atoms with E-state index < -0.39 is 0 Å². The maximum atomic E-state index is 3.64. The Balaban J connectivity index is 1.93. The van der Waals surface area contributed by atoms with Crippen LogP contribution in [-0.4, -0.2) is 0 Å². The fourth-order valence-electron chi connectivity index (χ4n) is 2.90. The van der Waals surface area contributed by atoms with Crippen molar-refractivity contribution >= 4 is 5.69 Å². The van der Waals surface area contributed by atoms with E-state index in [1.54, 1.807) is 0 Å². The number of anilines is 1. The third-order valence-electron chi connectivity index (χ3n) is 3.82. The van der Waals surface area contributed by atoms with Crippen LogP contribution in [0.25, 0.3) is 0 Å². The lowest BCUT2D eigenvalue weighted by Crippen LogP contribution is -2.07. The van der Waals surface area contributed by atoms with Crippen LogP contribution in [0.3, 0.4) is 0 Å². The number of aryl methyl sites for hydroxylation is 3. The average Bonchev–Trinajstić information content (AvgIpc) is 2.71. The summed E-state index contributed by atoms with van der Waals surface area (Å²) in [5.41, 5.74) is 8.23. The first-order valence-corrected chi connectivity index (χ1v) is 6.57. The monoisotopic (exact) mass is 237 g/mol. The molecule has 2 aromatic rings. The average molecular weight is 237 g/mol. The van der Waals surface area contributed by atoms with Crippen LogP contribution in [0.2, 0.25) is 0 Å². The molecule has 1 atom stereocenters. The first-order chi connectivity index (χ1) is 8.63. The zero-order valence-electron chi connectivity index (χ0n) is 11.2. The highest BCUT2D eigenvalue weighted by Crippen LogP contribution is 2.35. The van der Waals surface area contributed by atoms with Crippen molar-refractivity contribution in [3.63, 3.8) is 0 Å². The van der Waals surface area contributed by atoms with E-state index in [2.05, 4.69) is 62.5 Å². The van der Waals surface area contributed by atoms with E-state index in [0.29, 0.717) is 6.04 Å². The van der Waals surface area contributed by atoms with E-state index in [9.17, 15) is 0 Å². The molecule has 0 saturated carbocycles. The van der Waals surface area contributed by atoms with Gasteiger partial charge in [0, 0.05) is 5.69 Å². The highest BCUT2D eigenvalue weighted by atomic mass is 14.9. The lowest BCUT2D eigenvalue weighted by atomic mass is 9.97. The van der Waals surface area contributed by atoms with Gasteiger partial charge in [-0.15, -0.1) is 0 Å². The molecule has 1 heteroatoms. The molecule has 1 nitrogen and oxygen atoms in total. The fourth-order valence-corrected chi connectivity index (χ4v) is 2.90. The first-order valence-electron chi connectivity index (χ1n) is 6.57. The third kappa shape index (κ3) is 1.90. The summed E-state index contributed by atoms with van der Waals surface area (Å²) in [6.07, 6.45) is 1.10. The standard InChI is InChI=1S/C17H19N/c1-11-4-6-15(13(3)8-11)17-10-14-9-12(2)5-7-16(14)18-17/h4-9,17-18H,10H2,1-3H3. The Morgan fingerprint density at radius 2 is 1.67 bits per heavy atom. The summed E-state index contributed by atoms with van der Waals surface area (Å²) in [6.45, 7) is 6.51. The quantitative estimate of drug-likeness (QED) is 0.778. The van der Waals surface area contributed by atoms with Gasteiger partial charge in [0.25, 0.3) is 0 Å². The fraction of sp³-hybridized carbons (Fsp3) is 0.294. The van der Waals surface area contributed by atoms with Crippen molar-refractivity contribution in [1.82, 2.24) is 0 Å². The molecule has 92 valence electrons. The molecule has 18 heavy (non-hydrogen) atoms. The molecule has 1 unspecified atom stereocenters. The van der Waals surface area contributed by atoms with Crippen LogP contribution in [0.4, 0.5) is 5.69 Å². The molecule has 1 N–H and O–H groups in total. The van der Waals surface area contributed by atoms with Gasteiger partial charge in [-0.25, -0.2) is 0 Å². The van der Waals surface area contributed by atoms with Crippen molar-refractivity contribution in [2.24, 2.45) is 0 Å². The Hall–Kier alpha value is -1.76. The molecule has 0 spiro atoms. The predicted molar refractivity (Wildman–Crippen MR) is 77.2 cm³/mol. The molecule has 2 aromatic carbocycles. The molecule has 0 bridgehead atoms. The normalized spacial score (nSPS) is 17.4. The van der Waals surface area contributed by atoms with Gasteiger partial charge in [0.1, 0.15) is 0 Å². The van der Waals surface area contributed by atoms with Crippen molar-refractivity contribution < 1.29 is 0 Å². The Morgan fingerprint density at radius 3 is 2.44 bits per heavy atom. The summed E-state index contributed by atoms with van der Waals surface area (Å²) in [4.78, 5) is 0. The number of fused-ring (bicyclic) bond motifs is 1. The van der Waals surface area contributed by atoms with Gasteiger partial charge in [0.05, 0.1) is 6.04 Å². The molecule has 0 radical (unpaired) electrons. The number of hydrogen-bond acceptors (Lipinski definition) is 1. The van der Waals surface area contributed by atoms with Crippen LogP contribution in [0, 0.1) is 20.8 Å².